The Bertz CT molecular complexity index is 261. The third-order valence-electron chi connectivity index (χ3n) is 2.14. The molecule has 1 heterocycles. The van der Waals surface area contributed by atoms with E-state index in [0.29, 0.717) is 6.04 Å². The highest BCUT2D eigenvalue weighted by Crippen LogP contribution is 2.15. The highest BCUT2D eigenvalue weighted by atomic mass is 32.2. The van der Waals surface area contributed by atoms with Crippen molar-refractivity contribution in [3.05, 3.63) is 6.33 Å². The SMILES string of the molecule is CCC(N)CCCSc1nncn1C. The van der Waals surface area contributed by atoms with Crippen LogP contribution in [0.3, 0.4) is 0 Å². The van der Waals surface area contributed by atoms with E-state index in [0.717, 1.165) is 30.2 Å². The van der Waals surface area contributed by atoms with E-state index < -0.39 is 0 Å². The lowest BCUT2D eigenvalue weighted by Crippen LogP contribution is -2.18. The van der Waals surface area contributed by atoms with E-state index in [4.69, 9.17) is 5.73 Å². The molecular weight excluding hydrogens is 196 g/mol. The van der Waals surface area contributed by atoms with Crippen molar-refractivity contribution in [1.82, 2.24) is 14.8 Å². The summed E-state index contributed by atoms with van der Waals surface area (Å²) in [6.45, 7) is 2.13. The summed E-state index contributed by atoms with van der Waals surface area (Å²) < 4.78 is 1.93. The van der Waals surface area contributed by atoms with Gasteiger partial charge in [0.15, 0.2) is 5.16 Å². The minimum atomic E-state index is 0.357. The molecule has 0 aromatic carbocycles. The van der Waals surface area contributed by atoms with Crippen molar-refractivity contribution in [3.8, 4) is 0 Å². The first-order chi connectivity index (χ1) is 6.74. The first kappa shape index (κ1) is 11.5. The van der Waals surface area contributed by atoms with Crippen molar-refractivity contribution in [3.63, 3.8) is 0 Å². The minimum Gasteiger partial charge on any atom is -0.328 e. The van der Waals surface area contributed by atoms with Crippen LogP contribution in [-0.4, -0.2) is 26.6 Å². The topological polar surface area (TPSA) is 56.7 Å². The van der Waals surface area contributed by atoms with Crippen molar-refractivity contribution < 1.29 is 0 Å². The van der Waals surface area contributed by atoms with Crippen molar-refractivity contribution in [1.29, 1.82) is 0 Å². The normalized spacial score (nSPS) is 13.1. The molecule has 0 bridgehead atoms. The van der Waals surface area contributed by atoms with Gasteiger partial charge in [0.05, 0.1) is 0 Å². The Morgan fingerprint density at radius 2 is 2.43 bits per heavy atom. The van der Waals surface area contributed by atoms with Gasteiger partial charge in [-0.3, -0.25) is 0 Å². The van der Waals surface area contributed by atoms with Crippen molar-refractivity contribution in [2.45, 2.75) is 37.4 Å². The number of aryl methyl sites for hydroxylation is 1. The molecule has 0 amide bonds. The maximum absolute atomic E-state index is 5.82. The van der Waals surface area contributed by atoms with Gasteiger partial charge in [0.2, 0.25) is 0 Å². The van der Waals surface area contributed by atoms with Gasteiger partial charge in [-0.1, -0.05) is 18.7 Å². The van der Waals surface area contributed by atoms with E-state index >= 15 is 0 Å². The van der Waals surface area contributed by atoms with Crippen LogP contribution >= 0.6 is 11.8 Å². The number of thioether (sulfide) groups is 1. The fourth-order valence-electron chi connectivity index (χ4n) is 1.12. The quantitative estimate of drug-likeness (QED) is 0.575. The van der Waals surface area contributed by atoms with Gasteiger partial charge < -0.3 is 10.3 Å². The van der Waals surface area contributed by atoms with Crippen LogP contribution in [0.2, 0.25) is 0 Å². The van der Waals surface area contributed by atoms with Gasteiger partial charge in [0.25, 0.3) is 0 Å². The molecule has 0 saturated carbocycles. The molecule has 14 heavy (non-hydrogen) atoms. The number of hydrogen-bond donors (Lipinski definition) is 1. The molecule has 0 aliphatic carbocycles. The molecule has 1 rings (SSSR count). The molecule has 1 aromatic rings. The molecule has 0 radical (unpaired) electrons. The fourth-order valence-corrected chi connectivity index (χ4v) is 1.97. The van der Waals surface area contributed by atoms with E-state index in [-0.39, 0.29) is 0 Å². The van der Waals surface area contributed by atoms with Crippen LogP contribution in [0.25, 0.3) is 0 Å². The number of aromatic nitrogens is 3. The van der Waals surface area contributed by atoms with Crippen LogP contribution in [0.1, 0.15) is 26.2 Å². The van der Waals surface area contributed by atoms with Gasteiger partial charge in [-0.2, -0.15) is 0 Å². The van der Waals surface area contributed by atoms with Crippen LogP contribution in [0.5, 0.6) is 0 Å². The monoisotopic (exact) mass is 214 g/mol. The Balaban J connectivity index is 2.13. The first-order valence-electron chi connectivity index (χ1n) is 4.96. The molecule has 0 aliphatic rings. The molecule has 1 aromatic heterocycles. The molecule has 0 fully saturated rings. The van der Waals surface area contributed by atoms with Gasteiger partial charge in [0, 0.05) is 18.8 Å². The molecule has 4 nitrogen and oxygen atoms in total. The van der Waals surface area contributed by atoms with E-state index in [1.165, 1.54) is 0 Å². The van der Waals surface area contributed by atoms with Crippen LogP contribution in [-0.2, 0) is 7.05 Å². The van der Waals surface area contributed by atoms with Crippen molar-refractivity contribution in [2.75, 3.05) is 5.75 Å². The summed E-state index contributed by atoms with van der Waals surface area (Å²) in [4.78, 5) is 0. The lowest BCUT2D eigenvalue weighted by molar-refractivity contribution is 0.589. The second kappa shape index (κ2) is 6.03. The molecular formula is C9H18N4S. The molecule has 1 atom stereocenters. The third-order valence-corrected chi connectivity index (χ3v) is 3.27. The number of nitrogens with two attached hydrogens (primary N) is 1. The molecule has 0 spiro atoms. The number of hydrogen-bond acceptors (Lipinski definition) is 4. The van der Waals surface area contributed by atoms with E-state index in [2.05, 4.69) is 17.1 Å². The first-order valence-corrected chi connectivity index (χ1v) is 5.95. The van der Waals surface area contributed by atoms with Gasteiger partial charge >= 0.3 is 0 Å². The van der Waals surface area contributed by atoms with Gasteiger partial charge in [-0.15, -0.1) is 10.2 Å². The standard InChI is InChI=1S/C9H18N4S/c1-3-8(10)5-4-6-14-9-12-11-7-13(9)2/h7-8H,3-6,10H2,1-2H3. The van der Waals surface area contributed by atoms with Crippen molar-refractivity contribution in [2.24, 2.45) is 12.8 Å². The van der Waals surface area contributed by atoms with Crippen LogP contribution < -0.4 is 5.73 Å². The summed E-state index contributed by atoms with van der Waals surface area (Å²) in [6, 6.07) is 0.357. The number of rotatable bonds is 6. The van der Waals surface area contributed by atoms with Crippen LogP contribution in [0.15, 0.2) is 11.5 Å². The average Bonchev–Trinajstić information content (AvgIpc) is 2.58. The van der Waals surface area contributed by atoms with E-state index in [1.807, 2.05) is 11.6 Å². The van der Waals surface area contributed by atoms with Gasteiger partial charge in [-0.05, 0) is 19.3 Å². The predicted molar refractivity (Wildman–Crippen MR) is 59.2 cm³/mol. The molecule has 80 valence electrons. The molecule has 2 N–H and O–H groups in total. The van der Waals surface area contributed by atoms with Gasteiger partial charge in [-0.25, -0.2) is 0 Å². The smallest absolute Gasteiger partial charge is 0.190 e. The third kappa shape index (κ3) is 3.67. The Hall–Kier alpha value is -0.550. The Labute approximate surface area is 89.3 Å². The zero-order valence-electron chi connectivity index (χ0n) is 8.81. The molecule has 0 aliphatic heterocycles. The lowest BCUT2D eigenvalue weighted by Gasteiger charge is -2.07. The predicted octanol–water partition coefficient (Wildman–Crippen LogP) is 1.42. The van der Waals surface area contributed by atoms with Crippen LogP contribution in [0.4, 0.5) is 0 Å². The summed E-state index contributed by atoms with van der Waals surface area (Å²) in [6.07, 6.45) is 5.03. The second-order valence-electron chi connectivity index (χ2n) is 3.38. The van der Waals surface area contributed by atoms with Crippen LogP contribution in [0, 0.1) is 0 Å². The summed E-state index contributed by atoms with van der Waals surface area (Å²) >= 11 is 1.74. The minimum absolute atomic E-state index is 0.357. The van der Waals surface area contributed by atoms with E-state index in [1.54, 1.807) is 18.1 Å². The van der Waals surface area contributed by atoms with Crippen molar-refractivity contribution >= 4 is 11.8 Å². The second-order valence-corrected chi connectivity index (χ2v) is 4.45. The molecule has 0 saturated heterocycles. The highest BCUT2D eigenvalue weighted by Gasteiger charge is 2.02. The Morgan fingerprint density at radius 1 is 1.64 bits per heavy atom. The summed E-state index contributed by atoms with van der Waals surface area (Å²) in [5.41, 5.74) is 5.82. The lowest BCUT2D eigenvalue weighted by atomic mass is 10.1. The maximum atomic E-state index is 5.82. The van der Waals surface area contributed by atoms with E-state index in [9.17, 15) is 0 Å². The number of nitrogens with zero attached hydrogens (tertiary/aromatic N) is 3. The zero-order chi connectivity index (χ0) is 10.4. The summed E-state index contributed by atoms with van der Waals surface area (Å²) in [7, 11) is 1.96. The average molecular weight is 214 g/mol. The molecule has 1 unspecified atom stereocenters. The Morgan fingerprint density at radius 3 is 3.00 bits per heavy atom. The van der Waals surface area contributed by atoms with Gasteiger partial charge in [0.1, 0.15) is 6.33 Å². The highest BCUT2D eigenvalue weighted by molar-refractivity contribution is 7.99. The largest absolute Gasteiger partial charge is 0.328 e. The summed E-state index contributed by atoms with van der Waals surface area (Å²) in [5.74, 6) is 1.07. The zero-order valence-corrected chi connectivity index (χ0v) is 9.63. The Kier molecular flexibility index (Phi) is 4.97. The summed E-state index contributed by atoms with van der Waals surface area (Å²) in [5, 5.41) is 8.80. The fraction of sp³-hybridized carbons (Fsp3) is 0.778. The maximum Gasteiger partial charge on any atom is 0.190 e. The molecule has 5 heteroatoms.